The second-order valence-corrected chi connectivity index (χ2v) is 12.0. The number of pyridine rings is 1. The van der Waals surface area contributed by atoms with E-state index in [1.54, 1.807) is 42.7 Å². The molecular formula is C24H28N6O5S2. The minimum absolute atomic E-state index is 0.00455. The molecule has 1 amide bonds. The molecule has 37 heavy (non-hydrogen) atoms. The molecule has 3 aromatic heterocycles. The van der Waals surface area contributed by atoms with E-state index in [0.29, 0.717) is 65.5 Å². The summed E-state index contributed by atoms with van der Waals surface area (Å²) in [4.78, 5) is 33.4. The van der Waals surface area contributed by atoms with Crippen molar-refractivity contribution in [1.29, 1.82) is 0 Å². The average molecular weight is 545 g/mol. The number of carbonyl (C=O) groups is 1. The summed E-state index contributed by atoms with van der Waals surface area (Å²) in [5.41, 5.74) is 1.60. The highest BCUT2D eigenvalue weighted by molar-refractivity contribution is 7.93. The number of hydrogen-bond donors (Lipinski definition) is 1. The Balaban J connectivity index is 1.40. The van der Waals surface area contributed by atoms with Gasteiger partial charge in [0.25, 0.3) is 5.91 Å². The lowest BCUT2D eigenvalue weighted by atomic mass is 9.94. The van der Waals surface area contributed by atoms with Gasteiger partial charge in [-0.15, -0.1) is 11.3 Å². The van der Waals surface area contributed by atoms with Crippen LogP contribution in [-0.2, 0) is 14.8 Å². The Kier molecular flexibility index (Phi) is 7.36. The number of carbonyl (C=O) groups excluding carboxylic acids is 1. The van der Waals surface area contributed by atoms with E-state index in [-0.39, 0.29) is 17.1 Å². The first-order valence-electron chi connectivity index (χ1n) is 12.1. The van der Waals surface area contributed by atoms with Gasteiger partial charge >= 0.3 is 0 Å². The van der Waals surface area contributed by atoms with Gasteiger partial charge in [-0.3, -0.25) is 19.5 Å². The molecule has 0 spiro atoms. The lowest BCUT2D eigenvalue weighted by Crippen LogP contribution is -2.36. The van der Waals surface area contributed by atoms with Crippen molar-refractivity contribution in [3.8, 4) is 16.5 Å². The second-order valence-electron chi connectivity index (χ2n) is 9.01. The van der Waals surface area contributed by atoms with Gasteiger partial charge in [-0.25, -0.2) is 18.4 Å². The molecular weight excluding hydrogens is 516 g/mol. The van der Waals surface area contributed by atoms with Gasteiger partial charge in [0.1, 0.15) is 5.69 Å². The van der Waals surface area contributed by atoms with Crippen molar-refractivity contribution in [1.82, 2.24) is 24.8 Å². The number of nitrogens with one attached hydrogen (secondary N) is 1. The predicted molar refractivity (Wildman–Crippen MR) is 138 cm³/mol. The Bertz CT molecular complexity index is 1370. The molecule has 196 valence electrons. The molecule has 13 heteroatoms. The van der Waals surface area contributed by atoms with Crippen LogP contribution >= 0.6 is 11.3 Å². The zero-order valence-corrected chi connectivity index (χ0v) is 22.2. The Labute approximate surface area is 219 Å². The number of hydrogen-bond acceptors (Lipinski definition) is 10. The summed E-state index contributed by atoms with van der Waals surface area (Å²) in [6.07, 6.45) is 8.40. The van der Waals surface area contributed by atoms with Crippen molar-refractivity contribution in [3.63, 3.8) is 0 Å². The van der Waals surface area contributed by atoms with E-state index in [9.17, 15) is 13.2 Å². The summed E-state index contributed by atoms with van der Waals surface area (Å²) < 4.78 is 38.6. The molecule has 1 aliphatic heterocycles. The standard InChI is InChI=1S/C24H28N6O5S2/c1-3-35-21-13-25-11-19(28-21)20-12-27-23(36-20)24(31)30(2)22(15-7-9-34-14-15)18-10-16(6-8-26-18)29-37(32,33)17-4-5-17/h6,8,10-13,15,17,22H,3-5,7,9,14H2,1-2H3,(H,26,29)/t15-,22+/m0/s1. The van der Waals surface area contributed by atoms with Gasteiger partial charge in [0, 0.05) is 32.0 Å². The molecule has 1 aliphatic carbocycles. The fraction of sp³-hybridized carbons (Fsp3) is 0.458. The quantitative estimate of drug-likeness (QED) is 0.408. The molecule has 2 aliphatic rings. The van der Waals surface area contributed by atoms with Gasteiger partial charge in [-0.05, 0) is 38.3 Å². The van der Waals surface area contributed by atoms with Crippen molar-refractivity contribution < 1.29 is 22.7 Å². The van der Waals surface area contributed by atoms with E-state index in [2.05, 4.69) is 24.7 Å². The van der Waals surface area contributed by atoms with E-state index < -0.39 is 16.1 Å². The van der Waals surface area contributed by atoms with Gasteiger partial charge in [0.05, 0.1) is 53.2 Å². The predicted octanol–water partition coefficient (Wildman–Crippen LogP) is 3.15. The summed E-state index contributed by atoms with van der Waals surface area (Å²) in [5, 5.41) is -0.0407. The molecule has 3 aromatic rings. The van der Waals surface area contributed by atoms with Crippen LogP contribution in [0.15, 0.2) is 36.9 Å². The maximum atomic E-state index is 13.6. The molecule has 1 N–H and O–H groups in total. The first-order chi connectivity index (χ1) is 17.9. The highest BCUT2D eigenvalue weighted by Crippen LogP contribution is 2.36. The van der Waals surface area contributed by atoms with E-state index in [1.165, 1.54) is 17.5 Å². The number of ether oxygens (including phenoxy) is 2. The normalized spacial score (nSPS) is 18.4. The van der Waals surface area contributed by atoms with Crippen LogP contribution in [0.5, 0.6) is 5.88 Å². The maximum Gasteiger partial charge on any atom is 0.283 e. The van der Waals surface area contributed by atoms with E-state index in [1.807, 2.05) is 6.92 Å². The zero-order chi connectivity index (χ0) is 26.0. The number of rotatable bonds is 10. The Morgan fingerprint density at radius 3 is 2.84 bits per heavy atom. The molecule has 0 unspecified atom stereocenters. The van der Waals surface area contributed by atoms with Crippen molar-refractivity contribution in [2.45, 2.75) is 37.5 Å². The van der Waals surface area contributed by atoms with Gasteiger partial charge in [0.15, 0.2) is 5.01 Å². The van der Waals surface area contributed by atoms with Gasteiger partial charge in [-0.1, -0.05) is 0 Å². The minimum Gasteiger partial charge on any atom is -0.477 e. The molecule has 0 radical (unpaired) electrons. The number of thiazole rings is 1. The summed E-state index contributed by atoms with van der Waals surface area (Å²) >= 11 is 1.22. The van der Waals surface area contributed by atoms with Crippen LogP contribution in [0.2, 0.25) is 0 Å². The molecule has 2 atom stereocenters. The Morgan fingerprint density at radius 1 is 1.27 bits per heavy atom. The summed E-state index contributed by atoms with van der Waals surface area (Å²) in [6, 6.07) is 2.90. The molecule has 0 aromatic carbocycles. The summed E-state index contributed by atoms with van der Waals surface area (Å²) in [6.45, 7) is 3.41. The summed E-state index contributed by atoms with van der Waals surface area (Å²) in [5.74, 6) is 0.140. The average Bonchev–Trinajstić information content (AvgIpc) is 3.41. The van der Waals surface area contributed by atoms with Gasteiger partial charge < -0.3 is 14.4 Å². The molecule has 1 saturated heterocycles. The third-order valence-corrected chi connectivity index (χ3v) is 9.18. The third kappa shape index (κ3) is 5.73. The third-order valence-electron chi connectivity index (χ3n) is 6.30. The number of amides is 1. The molecule has 0 bridgehead atoms. The molecule has 11 nitrogen and oxygen atoms in total. The van der Waals surface area contributed by atoms with Gasteiger partial charge in [-0.2, -0.15) is 0 Å². The first-order valence-corrected chi connectivity index (χ1v) is 14.5. The van der Waals surface area contributed by atoms with Crippen LogP contribution in [0.4, 0.5) is 5.69 Å². The monoisotopic (exact) mass is 544 g/mol. The van der Waals surface area contributed by atoms with Crippen molar-refractivity contribution in [2.24, 2.45) is 5.92 Å². The zero-order valence-electron chi connectivity index (χ0n) is 20.5. The van der Waals surface area contributed by atoms with Crippen LogP contribution in [-0.4, -0.2) is 71.3 Å². The van der Waals surface area contributed by atoms with Crippen molar-refractivity contribution in [3.05, 3.63) is 47.6 Å². The smallest absolute Gasteiger partial charge is 0.283 e. The van der Waals surface area contributed by atoms with Gasteiger partial charge in [0.2, 0.25) is 15.9 Å². The lowest BCUT2D eigenvalue weighted by molar-refractivity contribution is 0.0648. The van der Waals surface area contributed by atoms with Crippen molar-refractivity contribution in [2.75, 3.05) is 31.6 Å². The largest absolute Gasteiger partial charge is 0.477 e. The maximum absolute atomic E-state index is 13.6. The molecule has 1 saturated carbocycles. The topological polar surface area (TPSA) is 136 Å². The van der Waals surface area contributed by atoms with E-state index in [0.717, 1.165) is 6.42 Å². The van der Waals surface area contributed by atoms with Crippen LogP contribution in [0, 0.1) is 5.92 Å². The number of aromatic nitrogens is 4. The molecule has 4 heterocycles. The fourth-order valence-electron chi connectivity index (χ4n) is 4.31. The highest BCUT2D eigenvalue weighted by atomic mass is 32.2. The fourth-order valence-corrected chi connectivity index (χ4v) is 6.54. The second kappa shape index (κ2) is 10.7. The van der Waals surface area contributed by atoms with E-state index in [4.69, 9.17) is 9.47 Å². The number of sulfonamides is 1. The van der Waals surface area contributed by atoms with Crippen LogP contribution in [0.3, 0.4) is 0 Å². The number of anilines is 1. The molecule has 5 rings (SSSR count). The van der Waals surface area contributed by atoms with Crippen molar-refractivity contribution >= 4 is 33.0 Å². The minimum atomic E-state index is -3.42. The SMILES string of the molecule is CCOc1cncc(-c2cnc(C(=O)N(C)[C@@H](c3cc(NS(=O)(=O)C4CC4)ccn3)[C@H]3CCOC3)s2)n1. The lowest BCUT2D eigenvalue weighted by Gasteiger charge is -2.31. The highest BCUT2D eigenvalue weighted by Gasteiger charge is 2.37. The van der Waals surface area contributed by atoms with E-state index >= 15 is 0 Å². The number of nitrogens with zero attached hydrogens (tertiary/aromatic N) is 5. The van der Waals surface area contributed by atoms with Crippen LogP contribution < -0.4 is 9.46 Å². The summed E-state index contributed by atoms with van der Waals surface area (Å²) in [7, 11) is -1.71. The van der Waals surface area contributed by atoms with Crippen LogP contribution in [0.1, 0.15) is 47.7 Å². The van der Waals surface area contributed by atoms with Crippen LogP contribution in [0.25, 0.3) is 10.6 Å². The molecule has 2 fully saturated rings. The first kappa shape index (κ1) is 25.5. The Morgan fingerprint density at radius 2 is 2.11 bits per heavy atom. The Hall–Kier alpha value is -3.16.